The number of amides is 2. The molecule has 0 bridgehead atoms. The van der Waals surface area contributed by atoms with Crippen LogP contribution in [0.5, 0.6) is 0 Å². The lowest BCUT2D eigenvalue weighted by Crippen LogP contribution is -2.08. The normalized spacial score (nSPS) is 10.6. The highest BCUT2D eigenvalue weighted by Crippen LogP contribution is 2.24. The fourth-order valence-electron chi connectivity index (χ4n) is 2.61. The van der Waals surface area contributed by atoms with Gasteiger partial charge in [0.1, 0.15) is 5.82 Å². The van der Waals surface area contributed by atoms with E-state index in [1.54, 1.807) is 24.4 Å². The summed E-state index contributed by atoms with van der Waals surface area (Å²) in [6.45, 7) is 1.42. The minimum absolute atomic E-state index is 0.185. The van der Waals surface area contributed by atoms with Crippen LogP contribution in [0.4, 0.5) is 17.2 Å². The van der Waals surface area contributed by atoms with Gasteiger partial charge in [-0.15, -0.1) is 0 Å². The molecule has 3 aromatic rings. The standard InChI is InChI=1S/C22H20N4O2/c1-15(27)25-21-10-8-16(14-24-21)9-11-22(28)26-20-7-3-5-18(13-20)17-4-2-6-19(23)12-17/h2-14H,23H2,1H3,(H,26,28)(H,24,25,27)/b11-9+. The average molecular weight is 372 g/mol. The third-order valence-corrected chi connectivity index (χ3v) is 3.87. The topological polar surface area (TPSA) is 97.1 Å². The zero-order chi connectivity index (χ0) is 19.9. The van der Waals surface area contributed by atoms with Crippen molar-refractivity contribution in [3.05, 3.63) is 78.5 Å². The average Bonchev–Trinajstić information content (AvgIpc) is 2.67. The number of nitrogens with zero attached hydrogens (tertiary/aromatic N) is 1. The maximum Gasteiger partial charge on any atom is 0.248 e. The predicted octanol–water partition coefficient (Wildman–Crippen LogP) is 3.94. The van der Waals surface area contributed by atoms with Crippen molar-refractivity contribution in [3.8, 4) is 11.1 Å². The second-order valence-corrected chi connectivity index (χ2v) is 6.19. The quantitative estimate of drug-likeness (QED) is 0.467. The zero-order valence-electron chi connectivity index (χ0n) is 15.3. The number of hydrogen-bond donors (Lipinski definition) is 3. The number of nitrogens with one attached hydrogen (secondary N) is 2. The van der Waals surface area contributed by atoms with E-state index in [4.69, 9.17) is 5.73 Å². The third-order valence-electron chi connectivity index (χ3n) is 3.87. The second-order valence-electron chi connectivity index (χ2n) is 6.19. The number of nitrogens with two attached hydrogens (primary N) is 1. The molecule has 140 valence electrons. The van der Waals surface area contributed by atoms with E-state index in [2.05, 4.69) is 15.6 Å². The Morgan fingerprint density at radius 1 is 0.964 bits per heavy atom. The maximum atomic E-state index is 12.2. The van der Waals surface area contributed by atoms with Gasteiger partial charge in [-0.1, -0.05) is 24.3 Å². The molecule has 0 fully saturated rings. The van der Waals surface area contributed by atoms with Gasteiger partial charge in [0.2, 0.25) is 11.8 Å². The van der Waals surface area contributed by atoms with Crippen LogP contribution in [0.25, 0.3) is 17.2 Å². The van der Waals surface area contributed by atoms with Crippen LogP contribution in [0.1, 0.15) is 12.5 Å². The van der Waals surface area contributed by atoms with Crippen molar-refractivity contribution in [3.63, 3.8) is 0 Å². The van der Waals surface area contributed by atoms with Crippen molar-refractivity contribution in [1.29, 1.82) is 0 Å². The van der Waals surface area contributed by atoms with Crippen molar-refractivity contribution in [2.75, 3.05) is 16.4 Å². The molecule has 1 aromatic heterocycles. The molecule has 0 atom stereocenters. The summed E-state index contributed by atoms with van der Waals surface area (Å²) in [7, 11) is 0. The molecule has 0 saturated carbocycles. The molecule has 28 heavy (non-hydrogen) atoms. The monoisotopic (exact) mass is 372 g/mol. The highest BCUT2D eigenvalue weighted by molar-refractivity contribution is 6.02. The predicted molar refractivity (Wildman–Crippen MR) is 112 cm³/mol. The molecule has 0 aliphatic carbocycles. The van der Waals surface area contributed by atoms with Gasteiger partial charge in [0.25, 0.3) is 0 Å². The summed E-state index contributed by atoms with van der Waals surface area (Å²) in [6.07, 6.45) is 4.67. The summed E-state index contributed by atoms with van der Waals surface area (Å²) in [5.41, 5.74) is 9.91. The maximum absolute atomic E-state index is 12.2. The van der Waals surface area contributed by atoms with Crippen molar-refractivity contribution in [2.24, 2.45) is 0 Å². The number of aromatic nitrogens is 1. The van der Waals surface area contributed by atoms with Gasteiger partial charge in [-0.2, -0.15) is 0 Å². The van der Waals surface area contributed by atoms with Gasteiger partial charge >= 0.3 is 0 Å². The molecule has 0 aliphatic heterocycles. The van der Waals surface area contributed by atoms with E-state index in [9.17, 15) is 9.59 Å². The summed E-state index contributed by atoms with van der Waals surface area (Å²) < 4.78 is 0. The Morgan fingerprint density at radius 3 is 2.39 bits per heavy atom. The Hall–Kier alpha value is -3.93. The number of anilines is 3. The summed E-state index contributed by atoms with van der Waals surface area (Å²) in [6, 6.07) is 18.6. The Labute approximate surface area is 163 Å². The van der Waals surface area contributed by atoms with Gasteiger partial charge in [-0.05, 0) is 59.2 Å². The van der Waals surface area contributed by atoms with E-state index in [0.717, 1.165) is 16.7 Å². The first kappa shape index (κ1) is 18.8. The first-order valence-corrected chi connectivity index (χ1v) is 8.68. The molecule has 0 radical (unpaired) electrons. The lowest BCUT2D eigenvalue weighted by Gasteiger charge is -2.07. The number of pyridine rings is 1. The number of rotatable bonds is 5. The Morgan fingerprint density at radius 2 is 1.71 bits per heavy atom. The van der Waals surface area contributed by atoms with Gasteiger partial charge in [0.15, 0.2) is 0 Å². The third kappa shape index (κ3) is 5.28. The molecule has 0 aliphatic rings. The van der Waals surface area contributed by atoms with Gasteiger partial charge in [0.05, 0.1) is 0 Å². The van der Waals surface area contributed by atoms with Crippen LogP contribution in [-0.4, -0.2) is 16.8 Å². The fraction of sp³-hybridized carbons (Fsp3) is 0.0455. The van der Waals surface area contributed by atoms with E-state index >= 15 is 0 Å². The largest absolute Gasteiger partial charge is 0.399 e. The van der Waals surface area contributed by atoms with E-state index in [0.29, 0.717) is 17.2 Å². The molecular weight excluding hydrogens is 352 g/mol. The lowest BCUT2D eigenvalue weighted by atomic mass is 10.0. The zero-order valence-corrected chi connectivity index (χ0v) is 15.3. The second kappa shape index (κ2) is 8.64. The molecule has 4 N–H and O–H groups in total. The van der Waals surface area contributed by atoms with Crippen LogP contribution in [0.3, 0.4) is 0 Å². The van der Waals surface area contributed by atoms with E-state index in [1.807, 2.05) is 48.5 Å². The smallest absolute Gasteiger partial charge is 0.248 e. The highest BCUT2D eigenvalue weighted by atomic mass is 16.2. The number of carbonyl (C=O) groups excluding carboxylic acids is 2. The van der Waals surface area contributed by atoms with Gasteiger partial charge in [-0.3, -0.25) is 9.59 Å². The van der Waals surface area contributed by atoms with Gasteiger partial charge in [0, 0.05) is 30.6 Å². The van der Waals surface area contributed by atoms with Crippen molar-refractivity contribution in [2.45, 2.75) is 6.92 Å². The van der Waals surface area contributed by atoms with Gasteiger partial charge in [-0.25, -0.2) is 4.98 Å². The SMILES string of the molecule is CC(=O)Nc1ccc(/C=C/C(=O)Nc2cccc(-c3cccc(N)c3)c2)cn1. The Bertz CT molecular complexity index is 1030. The summed E-state index contributed by atoms with van der Waals surface area (Å²) >= 11 is 0. The summed E-state index contributed by atoms with van der Waals surface area (Å²) in [5, 5.41) is 5.43. The molecule has 0 saturated heterocycles. The van der Waals surface area contributed by atoms with Crippen LogP contribution >= 0.6 is 0 Å². The Kier molecular flexibility index (Phi) is 5.81. The van der Waals surface area contributed by atoms with Crippen molar-refractivity contribution in [1.82, 2.24) is 4.98 Å². The summed E-state index contributed by atoms with van der Waals surface area (Å²) in [5.74, 6) is 0.0266. The van der Waals surface area contributed by atoms with Crippen LogP contribution in [-0.2, 0) is 9.59 Å². The van der Waals surface area contributed by atoms with Crippen LogP contribution in [0.15, 0.2) is 72.9 Å². The molecule has 2 aromatic carbocycles. The molecule has 6 heteroatoms. The van der Waals surface area contributed by atoms with Crippen LogP contribution in [0, 0.1) is 0 Å². The van der Waals surface area contributed by atoms with E-state index < -0.39 is 0 Å². The first-order chi connectivity index (χ1) is 13.5. The van der Waals surface area contributed by atoms with Crippen LogP contribution in [0.2, 0.25) is 0 Å². The van der Waals surface area contributed by atoms with Crippen LogP contribution < -0.4 is 16.4 Å². The molecule has 6 nitrogen and oxygen atoms in total. The molecule has 2 amide bonds. The Balaban J connectivity index is 1.65. The minimum atomic E-state index is -0.254. The lowest BCUT2D eigenvalue weighted by molar-refractivity contribution is -0.114. The number of carbonyl (C=O) groups is 2. The van der Waals surface area contributed by atoms with E-state index in [-0.39, 0.29) is 11.8 Å². The number of hydrogen-bond acceptors (Lipinski definition) is 4. The molecule has 0 spiro atoms. The van der Waals surface area contributed by atoms with Crippen molar-refractivity contribution >= 4 is 35.1 Å². The number of benzene rings is 2. The highest BCUT2D eigenvalue weighted by Gasteiger charge is 2.03. The first-order valence-electron chi connectivity index (χ1n) is 8.68. The van der Waals surface area contributed by atoms with Gasteiger partial charge < -0.3 is 16.4 Å². The van der Waals surface area contributed by atoms with Crippen molar-refractivity contribution < 1.29 is 9.59 Å². The molecular formula is C22H20N4O2. The summed E-state index contributed by atoms with van der Waals surface area (Å²) in [4.78, 5) is 27.3. The minimum Gasteiger partial charge on any atom is -0.399 e. The molecule has 1 heterocycles. The van der Waals surface area contributed by atoms with E-state index in [1.165, 1.54) is 13.0 Å². The number of nitrogen functional groups attached to an aromatic ring is 1. The molecule has 0 unspecified atom stereocenters. The fourth-order valence-corrected chi connectivity index (χ4v) is 2.61. The molecule has 3 rings (SSSR count).